The van der Waals surface area contributed by atoms with Gasteiger partial charge in [-0.25, -0.2) is 0 Å². The van der Waals surface area contributed by atoms with Gasteiger partial charge in [-0.3, -0.25) is 9.78 Å². The molecule has 0 saturated carbocycles. The number of nitrogens with zero attached hydrogens (tertiary/aromatic N) is 2. The third-order valence-electron chi connectivity index (χ3n) is 4.37. The zero-order valence-electron chi connectivity index (χ0n) is 14.2. The van der Waals surface area contributed by atoms with Gasteiger partial charge in [0.1, 0.15) is 0 Å². The monoisotopic (exact) mass is 378 g/mol. The minimum atomic E-state index is -0.0497. The molecule has 5 nitrogen and oxygen atoms in total. The number of aromatic nitrogens is 1. The summed E-state index contributed by atoms with van der Waals surface area (Å²) in [6.45, 7) is 3.94. The van der Waals surface area contributed by atoms with Crippen molar-refractivity contribution in [1.82, 2.24) is 15.2 Å². The first-order chi connectivity index (χ1) is 12.0. The number of pyridine rings is 1. The molecule has 0 aliphatic carbocycles. The number of carbonyl (C=O) groups excluding carboxylic acids is 1. The number of fused-ring (bicyclic) bond motifs is 1. The maximum Gasteiger partial charge on any atom is 0.256 e. The topological polar surface area (TPSA) is 71.2 Å². The van der Waals surface area contributed by atoms with Crippen molar-refractivity contribution < 1.29 is 4.79 Å². The van der Waals surface area contributed by atoms with E-state index in [0.717, 1.165) is 28.1 Å². The molecule has 2 heterocycles. The van der Waals surface area contributed by atoms with Crippen LogP contribution in [0.15, 0.2) is 18.2 Å². The summed E-state index contributed by atoms with van der Waals surface area (Å²) in [4.78, 5) is 19.4. The lowest BCUT2D eigenvalue weighted by Gasteiger charge is -2.17. The van der Waals surface area contributed by atoms with E-state index in [0.29, 0.717) is 41.8 Å². The van der Waals surface area contributed by atoms with Gasteiger partial charge < -0.3 is 16.0 Å². The highest BCUT2D eigenvalue weighted by atomic mass is 35.5. The van der Waals surface area contributed by atoms with Crippen LogP contribution in [-0.4, -0.2) is 35.9 Å². The molecule has 1 aliphatic rings. The van der Waals surface area contributed by atoms with Crippen LogP contribution in [0.25, 0.3) is 11.1 Å². The van der Waals surface area contributed by atoms with Gasteiger partial charge in [-0.05, 0) is 31.7 Å². The maximum absolute atomic E-state index is 13.0. The Morgan fingerprint density at radius 3 is 2.72 bits per heavy atom. The van der Waals surface area contributed by atoms with E-state index in [2.05, 4.69) is 10.3 Å². The van der Waals surface area contributed by atoms with Crippen molar-refractivity contribution in [2.24, 2.45) is 5.73 Å². The molecule has 7 heteroatoms. The van der Waals surface area contributed by atoms with Crippen LogP contribution in [-0.2, 0) is 13.1 Å². The fourth-order valence-corrected chi connectivity index (χ4v) is 3.78. The zero-order chi connectivity index (χ0) is 18.1. The minimum absolute atomic E-state index is 0.0497. The average Bonchev–Trinajstić information content (AvgIpc) is 2.85. The highest BCUT2D eigenvalue weighted by Crippen LogP contribution is 2.39. The Morgan fingerprint density at radius 1 is 1.32 bits per heavy atom. The predicted octanol–water partition coefficient (Wildman–Crippen LogP) is 3.00. The lowest BCUT2D eigenvalue weighted by Crippen LogP contribution is -2.29. The summed E-state index contributed by atoms with van der Waals surface area (Å²) in [5, 5.41) is 4.23. The second-order valence-corrected chi connectivity index (χ2v) is 6.89. The predicted molar refractivity (Wildman–Crippen MR) is 101 cm³/mol. The van der Waals surface area contributed by atoms with E-state index in [1.807, 2.05) is 20.0 Å². The Kier molecular flexibility index (Phi) is 5.29. The molecular weight excluding hydrogens is 359 g/mol. The van der Waals surface area contributed by atoms with Crippen molar-refractivity contribution in [2.75, 3.05) is 20.1 Å². The molecule has 0 spiro atoms. The quantitative estimate of drug-likeness (QED) is 0.838. The summed E-state index contributed by atoms with van der Waals surface area (Å²) < 4.78 is 0. The Balaban J connectivity index is 2.27. The van der Waals surface area contributed by atoms with Crippen molar-refractivity contribution in [1.29, 1.82) is 0 Å². The molecule has 25 heavy (non-hydrogen) atoms. The third-order valence-corrected chi connectivity index (χ3v) is 4.92. The van der Waals surface area contributed by atoms with E-state index in [4.69, 9.17) is 28.9 Å². The fourth-order valence-electron chi connectivity index (χ4n) is 3.28. The number of hydrogen-bond acceptors (Lipinski definition) is 4. The molecular formula is C18H20Cl2N4O. The first kappa shape index (κ1) is 18.1. The van der Waals surface area contributed by atoms with Crippen LogP contribution in [0.1, 0.15) is 27.3 Å². The van der Waals surface area contributed by atoms with Crippen LogP contribution in [0.2, 0.25) is 10.0 Å². The second kappa shape index (κ2) is 7.30. The molecule has 0 unspecified atom stereocenters. The molecule has 0 radical (unpaired) electrons. The van der Waals surface area contributed by atoms with E-state index in [9.17, 15) is 4.79 Å². The van der Waals surface area contributed by atoms with Crippen LogP contribution < -0.4 is 11.1 Å². The van der Waals surface area contributed by atoms with Gasteiger partial charge in [0, 0.05) is 46.5 Å². The van der Waals surface area contributed by atoms with E-state index in [1.54, 1.807) is 17.0 Å². The fraction of sp³-hybridized carbons (Fsp3) is 0.333. The number of nitrogens with two attached hydrogens (primary N) is 1. The van der Waals surface area contributed by atoms with E-state index >= 15 is 0 Å². The maximum atomic E-state index is 13.0. The van der Waals surface area contributed by atoms with Gasteiger partial charge in [-0.15, -0.1) is 0 Å². The van der Waals surface area contributed by atoms with Crippen LogP contribution in [0, 0.1) is 6.92 Å². The molecule has 0 fully saturated rings. The van der Waals surface area contributed by atoms with E-state index < -0.39 is 0 Å². The summed E-state index contributed by atoms with van der Waals surface area (Å²) in [6, 6.07) is 5.34. The minimum Gasteiger partial charge on any atom is -0.331 e. The van der Waals surface area contributed by atoms with Crippen molar-refractivity contribution in [3.63, 3.8) is 0 Å². The SMILES string of the molecule is CNCc1c(C)nc2c(c1-c1ccc(Cl)cc1Cl)C(=O)N(CCN)C2. The average molecular weight is 379 g/mol. The number of nitrogens with one attached hydrogen (secondary N) is 1. The van der Waals surface area contributed by atoms with E-state index in [-0.39, 0.29) is 5.91 Å². The van der Waals surface area contributed by atoms with Gasteiger partial charge in [0.05, 0.1) is 17.8 Å². The summed E-state index contributed by atoms with van der Waals surface area (Å²) in [6.07, 6.45) is 0. The second-order valence-electron chi connectivity index (χ2n) is 6.04. The van der Waals surface area contributed by atoms with Crippen LogP contribution in [0.3, 0.4) is 0 Å². The molecule has 3 rings (SSSR count). The molecule has 1 amide bonds. The molecule has 1 aromatic carbocycles. The highest BCUT2D eigenvalue weighted by Gasteiger charge is 2.34. The Labute approximate surface area is 157 Å². The number of aryl methyl sites for hydroxylation is 1. The zero-order valence-corrected chi connectivity index (χ0v) is 15.7. The van der Waals surface area contributed by atoms with Crippen LogP contribution in [0.4, 0.5) is 0 Å². The van der Waals surface area contributed by atoms with Gasteiger partial charge in [-0.2, -0.15) is 0 Å². The third kappa shape index (κ3) is 3.25. The molecule has 1 aromatic heterocycles. The van der Waals surface area contributed by atoms with Crippen LogP contribution in [0.5, 0.6) is 0 Å². The summed E-state index contributed by atoms with van der Waals surface area (Å²) in [5.74, 6) is -0.0497. The van der Waals surface area contributed by atoms with Gasteiger partial charge in [0.2, 0.25) is 0 Å². The Hall–Kier alpha value is -1.66. The van der Waals surface area contributed by atoms with Crippen molar-refractivity contribution >= 4 is 29.1 Å². The highest BCUT2D eigenvalue weighted by molar-refractivity contribution is 6.36. The molecule has 0 atom stereocenters. The van der Waals surface area contributed by atoms with Gasteiger partial charge >= 0.3 is 0 Å². The van der Waals surface area contributed by atoms with E-state index in [1.165, 1.54) is 0 Å². The molecule has 2 aromatic rings. The summed E-state index contributed by atoms with van der Waals surface area (Å²) in [7, 11) is 1.86. The van der Waals surface area contributed by atoms with Crippen molar-refractivity contribution in [3.05, 3.63) is 50.8 Å². The lowest BCUT2D eigenvalue weighted by atomic mass is 9.93. The first-order valence-electron chi connectivity index (χ1n) is 8.09. The van der Waals surface area contributed by atoms with Crippen LogP contribution >= 0.6 is 23.2 Å². The number of rotatable bonds is 5. The molecule has 0 bridgehead atoms. The number of hydrogen-bond donors (Lipinski definition) is 2. The molecule has 3 N–H and O–H groups in total. The van der Waals surface area contributed by atoms with Crippen molar-refractivity contribution in [3.8, 4) is 11.1 Å². The van der Waals surface area contributed by atoms with Crippen molar-refractivity contribution in [2.45, 2.75) is 20.0 Å². The Morgan fingerprint density at radius 2 is 2.08 bits per heavy atom. The number of halogens is 2. The number of amides is 1. The Bertz CT molecular complexity index is 838. The molecule has 1 aliphatic heterocycles. The largest absolute Gasteiger partial charge is 0.331 e. The molecule has 132 valence electrons. The number of carbonyl (C=O) groups is 1. The summed E-state index contributed by atoms with van der Waals surface area (Å²) >= 11 is 12.5. The molecule has 0 saturated heterocycles. The standard InChI is InChI=1S/C18H20Cl2N4O/c1-10-13(8-22-2)16(12-4-3-11(19)7-14(12)20)17-15(23-10)9-24(6-5-21)18(17)25/h3-4,7,22H,5-6,8-9,21H2,1-2H3. The summed E-state index contributed by atoms with van der Waals surface area (Å²) in [5.41, 5.74) is 10.5. The normalized spacial score (nSPS) is 13.5. The first-order valence-corrected chi connectivity index (χ1v) is 8.85. The van der Waals surface area contributed by atoms with Gasteiger partial charge in [0.25, 0.3) is 5.91 Å². The van der Waals surface area contributed by atoms with Gasteiger partial charge in [-0.1, -0.05) is 29.3 Å². The van der Waals surface area contributed by atoms with Gasteiger partial charge in [0.15, 0.2) is 0 Å². The lowest BCUT2D eigenvalue weighted by molar-refractivity contribution is 0.0783. The smallest absolute Gasteiger partial charge is 0.256 e. The number of benzene rings is 1.